The smallest absolute Gasteiger partial charge is 0.258 e. The van der Waals surface area contributed by atoms with E-state index in [0.29, 0.717) is 13.2 Å². The highest BCUT2D eigenvalue weighted by Crippen LogP contribution is 2.30. The molecule has 1 aliphatic carbocycles. The maximum Gasteiger partial charge on any atom is 0.258 e. The summed E-state index contributed by atoms with van der Waals surface area (Å²) in [6.07, 6.45) is 10.1. The van der Waals surface area contributed by atoms with E-state index in [1.807, 2.05) is 33.0 Å². The predicted octanol–water partition coefficient (Wildman–Crippen LogP) is 4.37. The zero-order valence-corrected chi connectivity index (χ0v) is 22.8. The summed E-state index contributed by atoms with van der Waals surface area (Å²) in [4.78, 5) is 20.4. The van der Waals surface area contributed by atoms with Gasteiger partial charge in [0.15, 0.2) is 11.6 Å². The number of aromatic nitrogens is 2. The fourth-order valence-electron chi connectivity index (χ4n) is 5.25. The molecule has 2 fully saturated rings. The Kier molecular flexibility index (Phi) is 8.14. The SMILES string of the molecule is CC/C=C\C1=C(C)Nc2c(cnn2C)CN1C(=O)c1ccc(OCCCN2CCN(C3CC3)CC2)c(F)c1. The van der Waals surface area contributed by atoms with Crippen molar-refractivity contribution in [1.29, 1.82) is 0 Å². The van der Waals surface area contributed by atoms with E-state index in [1.165, 1.54) is 18.9 Å². The van der Waals surface area contributed by atoms with Gasteiger partial charge in [-0.15, -0.1) is 0 Å². The molecule has 0 atom stereocenters. The van der Waals surface area contributed by atoms with Gasteiger partial charge in [0.05, 0.1) is 25.0 Å². The van der Waals surface area contributed by atoms with E-state index in [4.69, 9.17) is 4.74 Å². The second-order valence-corrected chi connectivity index (χ2v) is 10.4. The van der Waals surface area contributed by atoms with Crippen molar-refractivity contribution in [2.75, 3.05) is 44.6 Å². The molecule has 5 rings (SSSR count). The van der Waals surface area contributed by atoms with Crippen molar-refractivity contribution in [2.45, 2.75) is 52.1 Å². The molecule has 1 saturated carbocycles. The molecule has 0 bridgehead atoms. The Hall–Kier alpha value is -3.17. The molecule has 2 aromatic rings. The van der Waals surface area contributed by atoms with E-state index >= 15 is 4.39 Å². The number of anilines is 1. The average molecular weight is 523 g/mol. The van der Waals surface area contributed by atoms with Crippen LogP contribution in [0.3, 0.4) is 0 Å². The zero-order chi connectivity index (χ0) is 26.6. The lowest BCUT2D eigenvalue weighted by atomic mass is 10.1. The van der Waals surface area contributed by atoms with Gasteiger partial charge in [0.2, 0.25) is 0 Å². The van der Waals surface area contributed by atoms with Crippen LogP contribution >= 0.6 is 0 Å². The maximum atomic E-state index is 15.0. The summed E-state index contributed by atoms with van der Waals surface area (Å²) in [5.74, 6) is 0.245. The minimum Gasteiger partial charge on any atom is -0.490 e. The number of nitrogens with zero attached hydrogens (tertiary/aromatic N) is 5. The molecule has 204 valence electrons. The molecule has 1 saturated heterocycles. The number of benzene rings is 1. The molecule has 0 spiro atoms. The van der Waals surface area contributed by atoms with Gasteiger partial charge in [-0.25, -0.2) is 4.39 Å². The summed E-state index contributed by atoms with van der Waals surface area (Å²) in [6.45, 7) is 10.2. The number of hydrogen-bond acceptors (Lipinski definition) is 6. The predicted molar refractivity (Wildman–Crippen MR) is 146 cm³/mol. The fraction of sp³-hybridized carbons (Fsp3) is 0.517. The zero-order valence-electron chi connectivity index (χ0n) is 22.8. The summed E-state index contributed by atoms with van der Waals surface area (Å²) in [5, 5.41) is 7.71. The Balaban J connectivity index is 1.21. The number of amides is 1. The summed E-state index contributed by atoms with van der Waals surface area (Å²) >= 11 is 0. The number of allylic oxidation sites excluding steroid dienone is 3. The number of ether oxygens (including phenoxy) is 1. The first-order chi connectivity index (χ1) is 18.4. The van der Waals surface area contributed by atoms with Gasteiger partial charge in [-0.05, 0) is 56.9 Å². The average Bonchev–Trinajstić information content (AvgIpc) is 3.73. The molecule has 1 N–H and O–H groups in total. The van der Waals surface area contributed by atoms with Gasteiger partial charge in [-0.1, -0.05) is 13.0 Å². The van der Waals surface area contributed by atoms with E-state index in [2.05, 4.69) is 20.2 Å². The van der Waals surface area contributed by atoms with Crippen molar-refractivity contribution >= 4 is 11.7 Å². The molecule has 38 heavy (non-hydrogen) atoms. The van der Waals surface area contributed by atoms with Crippen molar-refractivity contribution in [3.05, 3.63) is 64.9 Å². The third kappa shape index (κ3) is 5.94. The fourth-order valence-corrected chi connectivity index (χ4v) is 5.25. The Morgan fingerprint density at radius 1 is 1.24 bits per heavy atom. The highest BCUT2D eigenvalue weighted by molar-refractivity contribution is 5.96. The molecule has 2 aliphatic heterocycles. The minimum atomic E-state index is -0.518. The van der Waals surface area contributed by atoms with Gasteiger partial charge >= 0.3 is 0 Å². The van der Waals surface area contributed by atoms with Crippen LogP contribution in [0.15, 0.2) is 47.9 Å². The number of fused-ring (bicyclic) bond motifs is 1. The third-order valence-corrected chi connectivity index (χ3v) is 7.61. The van der Waals surface area contributed by atoms with Crippen LogP contribution < -0.4 is 10.1 Å². The number of piperazine rings is 1. The van der Waals surface area contributed by atoms with Gasteiger partial charge in [-0.3, -0.25) is 14.4 Å². The molecule has 9 heteroatoms. The van der Waals surface area contributed by atoms with Crippen LogP contribution in [0.5, 0.6) is 5.75 Å². The first-order valence-corrected chi connectivity index (χ1v) is 13.8. The topological polar surface area (TPSA) is 65.9 Å². The Labute approximate surface area is 224 Å². The van der Waals surface area contributed by atoms with Crippen LogP contribution in [0.4, 0.5) is 10.2 Å². The molecule has 8 nitrogen and oxygen atoms in total. The Bertz CT molecular complexity index is 1210. The van der Waals surface area contributed by atoms with Crippen LogP contribution in [0.1, 0.15) is 55.5 Å². The second-order valence-electron chi connectivity index (χ2n) is 10.4. The lowest BCUT2D eigenvalue weighted by Crippen LogP contribution is -2.47. The minimum absolute atomic E-state index is 0.185. The molecule has 3 heterocycles. The van der Waals surface area contributed by atoms with Gasteiger partial charge in [0.1, 0.15) is 5.82 Å². The summed E-state index contributed by atoms with van der Waals surface area (Å²) in [6, 6.07) is 5.34. The van der Waals surface area contributed by atoms with Gasteiger partial charge in [0.25, 0.3) is 5.91 Å². The molecule has 0 radical (unpaired) electrons. The van der Waals surface area contributed by atoms with E-state index in [1.54, 1.807) is 27.9 Å². The van der Waals surface area contributed by atoms with Crippen LogP contribution in [0, 0.1) is 5.82 Å². The molecule has 0 unspecified atom stereocenters. The number of aryl methyl sites for hydroxylation is 1. The van der Waals surface area contributed by atoms with E-state index < -0.39 is 5.82 Å². The highest BCUT2D eigenvalue weighted by atomic mass is 19.1. The lowest BCUT2D eigenvalue weighted by molar-refractivity contribution is 0.0800. The lowest BCUT2D eigenvalue weighted by Gasteiger charge is -2.34. The Morgan fingerprint density at radius 2 is 2.03 bits per heavy atom. The molecule has 1 aromatic carbocycles. The number of rotatable bonds is 9. The largest absolute Gasteiger partial charge is 0.490 e. The van der Waals surface area contributed by atoms with Crippen molar-refractivity contribution in [2.24, 2.45) is 7.05 Å². The van der Waals surface area contributed by atoms with Crippen molar-refractivity contribution in [3.63, 3.8) is 0 Å². The monoisotopic (exact) mass is 522 g/mol. The quantitative estimate of drug-likeness (QED) is 0.494. The van der Waals surface area contributed by atoms with Crippen molar-refractivity contribution in [1.82, 2.24) is 24.5 Å². The Morgan fingerprint density at radius 3 is 2.74 bits per heavy atom. The van der Waals surface area contributed by atoms with Gasteiger partial charge < -0.3 is 19.9 Å². The molecular formula is C29H39FN6O2. The molecular weight excluding hydrogens is 483 g/mol. The maximum absolute atomic E-state index is 15.0. The molecule has 1 aromatic heterocycles. The van der Waals surface area contributed by atoms with Crippen LogP contribution in [-0.4, -0.2) is 75.8 Å². The summed E-state index contributed by atoms with van der Waals surface area (Å²) in [7, 11) is 1.86. The third-order valence-electron chi connectivity index (χ3n) is 7.61. The standard InChI is InChI=1S/C29H39FN6O2/c1-4-5-7-26-21(2)32-28-23(19-31-33(28)3)20-36(26)29(37)22-8-11-27(25(30)18-22)38-17-6-12-34-13-15-35(16-14-34)24-9-10-24/h5,7-8,11,18-19,24,32H,4,6,9-10,12-17,20H2,1-3H3/b7-5-. The van der Waals surface area contributed by atoms with Gasteiger partial charge in [-0.2, -0.15) is 5.10 Å². The molecule has 3 aliphatic rings. The van der Waals surface area contributed by atoms with Crippen LogP contribution in [0.25, 0.3) is 0 Å². The van der Waals surface area contributed by atoms with Crippen molar-refractivity contribution < 1.29 is 13.9 Å². The number of carbonyl (C=O) groups is 1. The van der Waals surface area contributed by atoms with E-state index in [0.717, 1.165) is 74.4 Å². The molecule has 1 amide bonds. The highest BCUT2D eigenvalue weighted by Gasteiger charge is 2.31. The van der Waals surface area contributed by atoms with Crippen molar-refractivity contribution in [3.8, 4) is 5.75 Å². The summed E-state index contributed by atoms with van der Waals surface area (Å²) in [5.41, 5.74) is 2.77. The second kappa shape index (κ2) is 11.7. The first kappa shape index (κ1) is 26.4. The normalized spacial score (nSPS) is 19.0. The first-order valence-electron chi connectivity index (χ1n) is 13.8. The number of nitrogens with one attached hydrogen (secondary N) is 1. The number of carbonyl (C=O) groups excluding carboxylic acids is 1. The number of halogens is 1. The van der Waals surface area contributed by atoms with Gasteiger partial charge in [0, 0.05) is 62.6 Å². The van der Waals surface area contributed by atoms with Crippen LogP contribution in [-0.2, 0) is 13.6 Å². The van der Waals surface area contributed by atoms with Crippen LogP contribution in [0.2, 0.25) is 0 Å². The summed E-state index contributed by atoms with van der Waals surface area (Å²) < 4.78 is 22.5. The van der Waals surface area contributed by atoms with E-state index in [9.17, 15) is 4.79 Å². The number of hydrogen-bond donors (Lipinski definition) is 1. The van der Waals surface area contributed by atoms with E-state index in [-0.39, 0.29) is 17.2 Å².